The van der Waals surface area contributed by atoms with Crippen molar-refractivity contribution in [1.82, 2.24) is 9.80 Å². The van der Waals surface area contributed by atoms with Crippen LogP contribution in [-0.4, -0.2) is 55.0 Å². The first-order chi connectivity index (χ1) is 12.7. The second-order valence-electron chi connectivity index (χ2n) is 7.22. The van der Waals surface area contributed by atoms with Gasteiger partial charge in [-0.2, -0.15) is 0 Å². The van der Waals surface area contributed by atoms with E-state index in [1.165, 1.54) is 16.8 Å². The molecule has 1 saturated heterocycles. The van der Waals surface area contributed by atoms with E-state index in [0.717, 1.165) is 57.8 Å². The van der Waals surface area contributed by atoms with Gasteiger partial charge in [-0.1, -0.05) is 37.3 Å². The molecule has 0 spiro atoms. The summed E-state index contributed by atoms with van der Waals surface area (Å²) in [5.74, 6) is 0.166. The number of hydrogen-bond acceptors (Lipinski definition) is 3. The van der Waals surface area contributed by atoms with Crippen LogP contribution in [0.1, 0.15) is 28.4 Å². The number of anilines is 1. The Morgan fingerprint density at radius 1 is 0.923 bits per heavy atom. The minimum atomic E-state index is 0.166. The van der Waals surface area contributed by atoms with E-state index in [4.69, 9.17) is 0 Å². The standard InChI is InChI=1S/C22H27N3O/c1-2-23-13-15-24(16-14-23)22(26)20-9-7-18(8-10-20)17-25-12-11-19-5-3-4-6-21(19)25/h3-10H,2,11-17H2,1H3. The van der Waals surface area contributed by atoms with Crippen molar-refractivity contribution in [3.63, 3.8) is 0 Å². The van der Waals surface area contributed by atoms with Crippen molar-refractivity contribution in [2.45, 2.75) is 19.9 Å². The molecule has 26 heavy (non-hydrogen) atoms. The fourth-order valence-electron chi connectivity index (χ4n) is 3.99. The molecule has 0 bridgehead atoms. The van der Waals surface area contributed by atoms with Gasteiger partial charge >= 0.3 is 0 Å². The molecule has 0 saturated carbocycles. The molecule has 4 rings (SSSR count). The molecule has 0 aliphatic carbocycles. The normalized spacial score (nSPS) is 17.4. The van der Waals surface area contributed by atoms with Gasteiger partial charge in [0.15, 0.2) is 0 Å². The maximum absolute atomic E-state index is 12.7. The molecular weight excluding hydrogens is 322 g/mol. The van der Waals surface area contributed by atoms with E-state index >= 15 is 0 Å². The van der Waals surface area contributed by atoms with Gasteiger partial charge in [0.05, 0.1) is 0 Å². The Morgan fingerprint density at radius 2 is 1.65 bits per heavy atom. The summed E-state index contributed by atoms with van der Waals surface area (Å²) < 4.78 is 0. The van der Waals surface area contributed by atoms with Crippen molar-refractivity contribution in [2.75, 3.05) is 44.2 Å². The van der Waals surface area contributed by atoms with E-state index in [-0.39, 0.29) is 5.91 Å². The zero-order chi connectivity index (χ0) is 17.9. The second kappa shape index (κ2) is 7.50. The zero-order valence-corrected chi connectivity index (χ0v) is 15.5. The molecule has 1 fully saturated rings. The fourth-order valence-corrected chi connectivity index (χ4v) is 3.99. The molecule has 4 nitrogen and oxygen atoms in total. The van der Waals surface area contributed by atoms with Crippen molar-refractivity contribution < 1.29 is 4.79 Å². The lowest BCUT2D eigenvalue weighted by Crippen LogP contribution is -2.48. The van der Waals surface area contributed by atoms with Gasteiger partial charge < -0.3 is 14.7 Å². The maximum atomic E-state index is 12.7. The Balaban J connectivity index is 1.39. The van der Waals surface area contributed by atoms with E-state index in [9.17, 15) is 4.79 Å². The highest BCUT2D eigenvalue weighted by Gasteiger charge is 2.22. The topological polar surface area (TPSA) is 26.8 Å². The number of para-hydroxylation sites is 1. The highest BCUT2D eigenvalue weighted by molar-refractivity contribution is 5.94. The van der Waals surface area contributed by atoms with Gasteiger partial charge in [-0.3, -0.25) is 4.79 Å². The second-order valence-corrected chi connectivity index (χ2v) is 7.22. The number of nitrogens with zero attached hydrogens (tertiary/aromatic N) is 3. The summed E-state index contributed by atoms with van der Waals surface area (Å²) in [7, 11) is 0. The summed E-state index contributed by atoms with van der Waals surface area (Å²) in [5.41, 5.74) is 4.85. The van der Waals surface area contributed by atoms with E-state index in [1.807, 2.05) is 17.0 Å². The van der Waals surface area contributed by atoms with Crippen molar-refractivity contribution in [3.05, 3.63) is 65.2 Å². The van der Waals surface area contributed by atoms with Crippen LogP contribution in [0.25, 0.3) is 0 Å². The molecule has 4 heteroatoms. The maximum Gasteiger partial charge on any atom is 0.253 e. The number of amides is 1. The summed E-state index contributed by atoms with van der Waals surface area (Å²) in [5, 5.41) is 0. The van der Waals surface area contributed by atoms with Gasteiger partial charge in [0.1, 0.15) is 0 Å². The van der Waals surface area contributed by atoms with Crippen LogP contribution >= 0.6 is 0 Å². The monoisotopic (exact) mass is 349 g/mol. The third kappa shape index (κ3) is 3.47. The van der Waals surface area contributed by atoms with Gasteiger partial charge in [-0.15, -0.1) is 0 Å². The Bertz CT molecular complexity index is 763. The smallest absolute Gasteiger partial charge is 0.253 e. The van der Waals surface area contributed by atoms with Crippen LogP contribution in [0, 0.1) is 0 Å². The van der Waals surface area contributed by atoms with Crippen LogP contribution in [0.2, 0.25) is 0 Å². The average molecular weight is 349 g/mol. The van der Waals surface area contributed by atoms with Crippen LogP contribution in [0.15, 0.2) is 48.5 Å². The summed E-state index contributed by atoms with van der Waals surface area (Å²) in [6.45, 7) is 8.84. The van der Waals surface area contributed by atoms with E-state index < -0.39 is 0 Å². The number of benzene rings is 2. The summed E-state index contributed by atoms with van der Waals surface area (Å²) >= 11 is 0. The largest absolute Gasteiger partial charge is 0.367 e. The number of carbonyl (C=O) groups is 1. The molecule has 2 aromatic rings. The van der Waals surface area contributed by atoms with Gasteiger partial charge in [0.2, 0.25) is 0 Å². The molecule has 1 amide bonds. The molecule has 0 aromatic heterocycles. The number of piperazine rings is 1. The third-order valence-corrected chi connectivity index (χ3v) is 5.66. The average Bonchev–Trinajstić information content (AvgIpc) is 3.11. The van der Waals surface area contributed by atoms with Crippen LogP contribution in [0.3, 0.4) is 0 Å². The van der Waals surface area contributed by atoms with Gasteiger partial charge in [0.25, 0.3) is 5.91 Å². The van der Waals surface area contributed by atoms with E-state index in [0.29, 0.717) is 0 Å². The van der Waals surface area contributed by atoms with Crippen LogP contribution in [-0.2, 0) is 13.0 Å². The highest BCUT2D eigenvalue weighted by atomic mass is 16.2. The molecule has 136 valence electrons. The number of hydrogen-bond donors (Lipinski definition) is 0. The predicted molar refractivity (Wildman–Crippen MR) is 106 cm³/mol. The Morgan fingerprint density at radius 3 is 2.38 bits per heavy atom. The molecule has 0 N–H and O–H groups in total. The van der Waals surface area contributed by atoms with Crippen LogP contribution in [0.5, 0.6) is 0 Å². The molecular formula is C22H27N3O. The highest BCUT2D eigenvalue weighted by Crippen LogP contribution is 2.28. The molecule has 2 heterocycles. The van der Waals surface area contributed by atoms with Gasteiger partial charge in [-0.05, 0) is 42.3 Å². The van der Waals surface area contributed by atoms with E-state index in [1.54, 1.807) is 0 Å². The van der Waals surface area contributed by atoms with Crippen LogP contribution < -0.4 is 4.90 Å². The van der Waals surface area contributed by atoms with Crippen molar-refractivity contribution in [1.29, 1.82) is 0 Å². The van der Waals surface area contributed by atoms with Gasteiger partial charge in [-0.25, -0.2) is 0 Å². The van der Waals surface area contributed by atoms with Crippen molar-refractivity contribution in [2.24, 2.45) is 0 Å². The summed E-state index contributed by atoms with van der Waals surface area (Å²) in [6, 6.07) is 16.8. The first kappa shape index (κ1) is 17.1. The lowest BCUT2D eigenvalue weighted by atomic mass is 10.1. The molecule has 0 atom stereocenters. The molecule has 0 radical (unpaired) electrons. The molecule has 0 unspecified atom stereocenters. The van der Waals surface area contributed by atoms with Crippen molar-refractivity contribution in [3.8, 4) is 0 Å². The first-order valence-corrected chi connectivity index (χ1v) is 9.68. The Labute approximate surface area is 156 Å². The first-order valence-electron chi connectivity index (χ1n) is 9.68. The molecule has 2 aliphatic heterocycles. The lowest BCUT2D eigenvalue weighted by molar-refractivity contribution is 0.0643. The van der Waals surface area contributed by atoms with E-state index in [2.05, 4.69) is 53.1 Å². The van der Waals surface area contributed by atoms with Crippen LogP contribution in [0.4, 0.5) is 5.69 Å². The third-order valence-electron chi connectivity index (χ3n) is 5.66. The summed E-state index contributed by atoms with van der Waals surface area (Å²) in [6.07, 6.45) is 1.12. The van der Waals surface area contributed by atoms with Crippen molar-refractivity contribution >= 4 is 11.6 Å². The fraction of sp³-hybridized carbons (Fsp3) is 0.409. The lowest BCUT2D eigenvalue weighted by Gasteiger charge is -2.34. The minimum absolute atomic E-state index is 0.166. The number of likely N-dealkylation sites (N-methyl/N-ethyl adjacent to an activating group) is 1. The minimum Gasteiger partial charge on any atom is -0.367 e. The Kier molecular flexibility index (Phi) is 4.93. The quantitative estimate of drug-likeness (QED) is 0.849. The number of carbonyl (C=O) groups excluding carboxylic acids is 1. The number of fused-ring (bicyclic) bond motifs is 1. The SMILES string of the molecule is CCN1CCN(C(=O)c2ccc(CN3CCc4ccccc43)cc2)CC1. The van der Waals surface area contributed by atoms with Gasteiger partial charge in [0, 0.05) is 50.5 Å². The number of rotatable bonds is 4. The molecule has 2 aromatic carbocycles. The zero-order valence-electron chi connectivity index (χ0n) is 15.5. The predicted octanol–water partition coefficient (Wildman–Crippen LogP) is 3.03. The summed E-state index contributed by atoms with van der Waals surface area (Å²) in [4.78, 5) is 19.5. The Hall–Kier alpha value is -2.33. The molecule has 2 aliphatic rings.